The molecule has 3 heterocycles. The molecule has 2 N–H and O–H groups in total. The molecule has 2 fully saturated rings. The molecule has 2 saturated heterocycles. The summed E-state index contributed by atoms with van der Waals surface area (Å²) >= 11 is 9.01. The van der Waals surface area contributed by atoms with Gasteiger partial charge in [-0.2, -0.15) is 11.8 Å². The fourth-order valence-corrected chi connectivity index (χ4v) is 5.76. The van der Waals surface area contributed by atoms with Gasteiger partial charge in [-0.05, 0) is 68.9 Å². The maximum Gasteiger partial charge on any atom is 0.0783 e. The van der Waals surface area contributed by atoms with Crippen LogP contribution in [0.4, 0.5) is 0 Å². The van der Waals surface area contributed by atoms with Gasteiger partial charge in [0.25, 0.3) is 0 Å². The van der Waals surface area contributed by atoms with E-state index in [9.17, 15) is 0 Å². The van der Waals surface area contributed by atoms with E-state index in [-0.39, 0.29) is 11.6 Å². The monoisotopic (exact) mass is 420 g/mol. The van der Waals surface area contributed by atoms with Gasteiger partial charge < -0.3 is 10.5 Å². The summed E-state index contributed by atoms with van der Waals surface area (Å²) in [6.07, 6.45) is 5.07. The van der Waals surface area contributed by atoms with Gasteiger partial charge in [0, 0.05) is 27.5 Å². The summed E-state index contributed by atoms with van der Waals surface area (Å²) in [6, 6.07) is 1.99. The molecule has 20 heavy (non-hydrogen) atoms. The van der Waals surface area contributed by atoms with Crippen LogP contribution in [0.1, 0.15) is 31.0 Å². The van der Waals surface area contributed by atoms with E-state index < -0.39 is 0 Å². The maximum atomic E-state index is 6.50. The Hall–Kier alpha value is 0.380. The SMILES string of the molecule is NC(c1ncc(Br)cc1Br)C1CCOC2(CCSC2)C1. The van der Waals surface area contributed by atoms with Crippen LogP contribution in [-0.2, 0) is 4.74 Å². The van der Waals surface area contributed by atoms with Crippen LogP contribution in [0.15, 0.2) is 21.2 Å². The highest BCUT2D eigenvalue weighted by atomic mass is 79.9. The zero-order chi connectivity index (χ0) is 14.2. The Kier molecular flexibility index (Phi) is 4.77. The molecular weight excluding hydrogens is 404 g/mol. The van der Waals surface area contributed by atoms with Gasteiger partial charge in [-0.15, -0.1) is 0 Å². The number of hydrogen-bond acceptors (Lipinski definition) is 4. The molecule has 0 aliphatic carbocycles. The number of pyridine rings is 1. The van der Waals surface area contributed by atoms with Gasteiger partial charge in [-0.25, -0.2) is 0 Å². The van der Waals surface area contributed by atoms with Crippen molar-refractivity contribution in [2.45, 2.75) is 30.9 Å². The first-order chi connectivity index (χ1) is 9.60. The van der Waals surface area contributed by atoms with Crippen molar-refractivity contribution in [2.75, 3.05) is 18.1 Å². The summed E-state index contributed by atoms with van der Waals surface area (Å²) in [5.74, 6) is 2.78. The van der Waals surface area contributed by atoms with Crippen LogP contribution in [0.3, 0.4) is 0 Å². The molecule has 110 valence electrons. The van der Waals surface area contributed by atoms with Crippen molar-refractivity contribution in [3.05, 3.63) is 26.9 Å². The number of thioether (sulfide) groups is 1. The zero-order valence-corrected chi connectivity index (χ0v) is 15.1. The largest absolute Gasteiger partial charge is 0.374 e. The van der Waals surface area contributed by atoms with Crippen LogP contribution in [0.5, 0.6) is 0 Å². The standard InChI is InChI=1S/C14H18Br2N2OS/c15-10-5-11(16)13(18-7-10)12(17)9-1-3-19-14(6-9)2-4-20-8-14/h5,7,9,12H,1-4,6,8,17H2. The molecule has 3 nitrogen and oxygen atoms in total. The highest BCUT2D eigenvalue weighted by Gasteiger charge is 2.42. The second-order valence-corrected chi connectivity index (χ2v) is 8.51. The molecule has 3 rings (SSSR count). The third kappa shape index (κ3) is 3.09. The molecule has 0 amide bonds. The van der Waals surface area contributed by atoms with E-state index in [4.69, 9.17) is 10.5 Å². The molecule has 1 aromatic heterocycles. The average Bonchev–Trinajstić information content (AvgIpc) is 2.86. The summed E-state index contributed by atoms with van der Waals surface area (Å²) in [4.78, 5) is 4.50. The van der Waals surface area contributed by atoms with Crippen LogP contribution in [0, 0.1) is 5.92 Å². The van der Waals surface area contributed by atoms with Crippen molar-refractivity contribution < 1.29 is 4.74 Å². The lowest BCUT2D eigenvalue weighted by Gasteiger charge is -2.40. The molecule has 3 unspecified atom stereocenters. The Morgan fingerprint density at radius 3 is 3.05 bits per heavy atom. The van der Waals surface area contributed by atoms with Gasteiger partial charge in [0.15, 0.2) is 0 Å². The second kappa shape index (κ2) is 6.24. The summed E-state index contributed by atoms with van der Waals surface area (Å²) in [5, 5.41) is 0. The summed E-state index contributed by atoms with van der Waals surface area (Å²) in [5.41, 5.74) is 7.54. The number of aromatic nitrogens is 1. The topological polar surface area (TPSA) is 48.1 Å². The Balaban J connectivity index is 1.77. The van der Waals surface area contributed by atoms with E-state index in [1.165, 1.54) is 5.75 Å². The highest BCUT2D eigenvalue weighted by molar-refractivity contribution is 9.11. The lowest BCUT2D eigenvalue weighted by Crippen LogP contribution is -2.43. The van der Waals surface area contributed by atoms with Crippen LogP contribution in [0.2, 0.25) is 0 Å². The number of halogens is 2. The van der Waals surface area contributed by atoms with Gasteiger partial charge >= 0.3 is 0 Å². The van der Waals surface area contributed by atoms with Crippen LogP contribution in [-0.4, -0.2) is 28.7 Å². The van der Waals surface area contributed by atoms with Gasteiger partial charge in [0.2, 0.25) is 0 Å². The minimum absolute atomic E-state index is 0.0242. The van der Waals surface area contributed by atoms with Crippen LogP contribution in [0.25, 0.3) is 0 Å². The Bertz CT molecular complexity index is 494. The molecule has 0 aromatic carbocycles. The van der Waals surface area contributed by atoms with Crippen molar-refractivity contribution in [1.29, 1.82) is 0 Å². The first-order valence-corrected chi connectivity index (χ1v) is 9.62. The molecule has 1 spiro atoms. The molecule has 2 aliphatic heterocycles. The minimum Gasteiger partial charge on any atom is -0.374 e. The van der Waals surface area contributed by atoms with Crippen molar-refractivity contribution in [2.24, 2.45) is 11.7 Å². The fraction of sp³-hybridized carbons (Fsp3) is 0.643. The van der Waals surface area contributed by atoms with Gasteiger partial charge in [0.05, 0.1) is 17.3 Å². The van der Waals surface area contributed by atoms with Gasteiger partial charge in [0.1, 0.15) is 0 Å². The molecule has 0 radical (unpaired) electrons. The number of rotatable bonds is 2. The minimum atomic E-state index is -0.0242. The Labute approximate surface area is 140 Å². The molecule has 1 aromatic rings. The molecule has 0 bridgehead atoms. The molecule has 3 atom stereocenters. The normalized spacial score (nSPS) is 31.6. The lowest BCUT2D eigenvalue weighted by atomic mass is 9.80. The lowest BCUT2D eigenvalue weighted by molar-refractivity contribution is -0.0836. The molecule has 6 heteroatoms. The Morgan fingerprint density at radius 2 is 2.35 bits per heavy atom. The van der Waals surface area contributed by atoms with Gasteiger partial charge in [-0.1, -0.05) is 0 Å². The van der Waals surface area contributed by atoms with E-state index >= 15 is 0 Å². The van der Waals surface area contributed by atoms with E-state index in [1.807, 2.05) is 24.0 Å². The third-order valence-corrected chi connectivity index (χ3v) is 6.55. The second-order valence-electron chi connectivity index (χ2n) is 5.63. The van der Waals surface area contributed by atoms with E-state index in [2.05, 4.69) is 36.8 Å². The van der Waals surface area contributed by atoms with E-state index in [0.717, 1.165) is 46.3 Å². The number of hydrogen-bond donors (Lipinski definition) is 1. The summed E-state index contributed by atoms with van der Waals surface area (Å²) in [6.45, 7) is 0.826. The third-order valence-electron chi connectivity index (χ3n) is 4.26. The predicted octanol–water partition coefficient (Wildman–Crippen LogP) is 3.91. The molecule has 0 saturated carbocycles. The van der Waals surface area contributed by atoms with Crippen molar-refractivity contribution >= 4 is 43.6 Å². The first-order valence-electron chi connectivity index (χ1n) is 6.88. The van der Waals surface area contributed by atoms with Crippen molar-refractivity contribution in [1.82, 2.24) is 4.98 Å². The number of nitrogens with two attached hydrogens (primary N) is 1. The van der Waals surface area contributed by atoms with Crippen molar-refractivity contribution in [3.63, 3.8) is 0 Å². The number of nitrogens with zero attached hydrogens (tertiary/aromatic N) is 1. The van der Waals surface area contributed by atoms with E-state index in [1.54, 1.807) is 0 Å². The van der Waals surface area contributed by atoms with Crippen LogP contribution >= 0.6 is 43.6 Å². The molecule has 2 aliphatic rings. The zero-order valence-electron chi connectivity index (χ0n) is 11.1. The van der Waals surface area contributed by atoms with Crippen molar-refractivity contribution in [3.8, 4) is 0 Å². The Morgan fingerprint density at radius 1 is 1.50 bits per heavy atom. The van der Waals surface area contributed by atoms with Gasteiger partial charge in [-0.3, -0.25) is 4.98 Å². The predicted molar refractivity (Wildman–Crippen MR) is 89.9 cm³/mol. The first kappa shape index (κ1) is 15.3. The highest BCUT2D eigenvalue weighted by Crippen LogP contribution is 2.43. The number of ether oxygens (including phenoxy) is 1. The van der Waals surface area contributed by atoms with Crippen LogP contribution < -0.4 is 5.73 Å². The fourth-order valence-electron chi connectivity index (χ4n) is 3.13. The molecular formula is C14H18Br2N2OS. The average molecular weight is 422 g/mol. The quantitative estimate of drug-likeness (QED) is 0.786. The smallest absolute Gasteiger partial charge is 0.0783 e. The maximum absolute atomic E-state index is 6.50. The van der Waals surface area contributed by atoms with E-state index in [0.29, 0.717) is 5.92 Å². The summed E-state index contributed by atoms with van der Waals surface area (Å²) < 4.78 is 8.03. The summed E-state index contributed by atoms with van der Waals surface area (Å²) in [7, 11) is 0.